The number of ketones is 1. The number of benzene rings is 1. The quantitative estimate of drug-likeness (QED) is 0.412. The SMILES string of the molecule is COc1ccc(C(C)C(=O)C(=O)[O-])cc1.[Na+]. The minimum atomic E-state index is -1.65. The van der Waals surface area contributed by atoms with Gasteiger partial charge in [-0.3, -0.25) is 4.79 Å². The molecule has 16 heavy (non-hydrogen) atoms. The Morgan fingerprint density at radius 1 is 1.25 bits per heavy atom. The fraction of sp³-hybridized carbons (Fsp3) is 0.273. The van der Waals surface area contributed by atoms with E-state index < -0.39 is 17.7 Å². The van der Waals surface area contributed by atoms with Crippen LogP contribution in [0.1, 0.15) is 18.4 Å². The first-order valence-corrected chi connectivity index (χ1v) is 4.45. The molecule has 1 aromatic carbocycles. The largest absolute Gasteiger partial charge is 1.00 e. The van der Waals surface area contributed by atoms with Crippen molar-refractivity contribution in [3.63, 3.8) is 0 Å². The summed E-state index contributed by atoms with van der Waals surface area (Å²) in [5.41, 5.74) is 0.630. The van der Waals surface area contributed by atoms with Crippen LogP contribution in [0.25, 0.3) is 0 Å². The van der Waals surface area contributed by atoms with Gasteiger partial charge >= 0.3 is 29.6 Å². The summed E-state index contributed by atoms with van der Waals surface area (Å²) in [5, 5.41) is 10.4. The number of methoxy groups -OCH3 is 1. The maximum absolute atomic E-state index is 11.1. The number of aliphatic carboxylic acids is 1. The Hall–Kier alpha value is -0.840. The summed E-state index contributed by atoms with van der Waals surface area (Å²) in [5.74, 6) is -2.61. The molecule has 0 saturated carbocycles. The number of ether oxygens (including phenoxy) is 1. The van der Waals surface area contributed by atoms with E-state index in [2.05, 4.69) is 0 Å². The molecule has 0 aliphatic rings. The van der Waals surface area contributed by atoms with E-state index in [0.29, 0.717) is 11.3 Å². The van der Waals surface area contributed by atoms with Gasteiger partial charge in [-0.25, -0.2) is 0 Å². The second-order valence-corrected chi connectivity index (χ2v) is 3.15. The molecule has 0 fully saturated rings. The van der Waals surface area contributed by atoms with Crippen LogP contribution in [0.2, 0.25) is 0 Å². The van der Waals surface area contributed by atoms with Gasteiger partial charge in [0.05, 0.1) is 7.11 Å². The molecule has 0 aliphatic carbocycles. The van der Waals surface area contributed by atoms with Crippen LogP contribution in [-0.2, 0) is 9.59 Å². The van der Waals surface area contributed by atoms with Gasteiger partial charge in [-0.05, 0) is 17.7 Å². The van der Waals surface area contributed by atoms with Gasteiger partial charge in [0.15, 0.2) is 5.78 Å². The molecule has 0 heterocycles. The summed E-state index contributed by atoms with van der Waals surface area (Å²) >= 11 is 0. The van der Waals surface area contributed by atoms with Gasteiger partial charge in [0.2, 0.25) is 0 Å². The second-order valence-electron chi connectivity index (χ2n) is 3.15. The van der Waals surface area contributed by atoms with E-state index in [1.165, 1.54) is 14.0 Å². The predicted molar refractivity (Wildman–Crippen MR) is 51.4 cm³/mol. The van der Waals surface area contributed by atoms with Crippen LogP contribution in [0.5, 0.6) is 5.75 Å². The molecular formula is C11H11NaO4. The first-order chi connectivity index (χ1) is 7.06. The molecule has 1 aromatic rings. The number of rotatable bonds is 4. The van der Waals surface area contributed by atoms with Crippen LogP contribution in [0.3, 0.4) is 0 Å². The fourth-order valence-electron chi connectivity index (χ4n) is 1.22. The molecule has 1 unspecified atom stereocenters. The molecule has 0 amide bonds. The Morgan fingerprint density at radius 3 is 2.12 bits per heavy atom. The molecule has 0 N–H and O–H groups in total. The van der Waals surface area contributed by atoms with Crippen LogP contribution in [0, 0.1) is 0 Å². The van der Waals surface area contributed by atoms with Crippen LogP contribution >= 0.6 is 0 Å². The van der Waals surface area contributed by atoms with Gasteiger partial charge in [-0.1, -0.05) is 19.1 Å². The Labute approximate surface area is 116 Å². The monoisotopic (exact) mass is 230 g/mol. The molecule has 0 spiro atoms. The summed E-state index contributed by atoms with van der Waals surface area (Å²) in [6.45, 7) is 1.53. The third-order valence-corrected chi connectivity index (χ3v) is 2.21. The Kier molecular flexibility index (Phi) is 6.33. The van der Waals surface area contributed by atoms with Crippen LogP contribution < -0.4 is 39.4 Å². The number of hydrogen-bond donors (Lipinski definition) is 0. The molecular weight excluding hydrogens is 219 g/mol. The van der Waals surface area contributed by atoms with Crippen molar-refractivity contribution in [2.24, 2.45) is 0 Å². The molecule has 0 aromatic heterocycles. The number of carbonyl (C=O) groups excluding carboxylic acids is 2. The van der Waals surface area contributed by atoms with E-state index in [4.69, 9.17) is 4.74 Å². The standard InChI is InChI=1S/C11H12O4.Na/c1-7(10(12)11(13)14)8-3-5-9(15-2)6-4-8;/h3-7H,1-2H3,(H,13,14);/q;+1/p-1. The average Bonchev–Trinajstić information content (AvgIpc) is 2.27. The van der Waals surface area contributed by atoms with Gasteiger partial charge in [0.25, 0.3) is 0 Å². The number of carbonyl (C=O) groups is 2. The zero-order chi connectivity index (χ0) is 11.4. The average molecular weight is 230 g/mol. The van der Waals surface area contributed by atoms with Crippen molar-refractivity contribution in [3.05, 3.63) is 29.8 Å². The van der Waals surface area contributed by atoms with E-state index in [0.717, 1.165) is 0 Å². The van der Waals surface area contributed by atoms with Crippen molar-refractivity contribution in [1.29, 1.82) is 0 Å². The van der Waals surface area contributed by atoms with Gasteiger partial charge in [0, 0.05) is 5.92 Å². The van der Waals surface area contributed by atoms with Crippen LogP contribution in [-0.4, -0.2) is 18.9 Å². The molecule has 5 heteroatoms. The van der Waals surface area contributed by atoms with Crippen LogP contribution in [0.4, 0.5) is 0 Å². The van der Waals surface area contributed by atoms with Gasteiger partial charge in [-0.2, -0.15) is 0 Å². The zero-order valence-corrected chi connectivity index (χ0v) is 11.5. The Morgan fingerprint density at radius 2 is 1.75 bits per heavy atom. The third kappa shape index (κ3) is 3.63. The van der Waals surface area contributed by atoms with Crippen molar-refractivity contribution < 1.29 is 49.0 Å². The van der Waals surface area contributed by atoms with Gasteiger partial charge in [-0.15, -0.1) is 0 Å². The molecule has 0 saturated heterocycles. The molecule has 1 atom stereocenters. The fourth-order valence-corrected chi connectivity index (χ4v) is 1.22. The molecule has 0 bridgehead atoms. The number of hydrogen-bond acceptors (Lipinski definition) is 4. The summed E-state index contributed by atoms with van der Waals surface area (Å²) in [4.78, 5) is 21.5. The van der Waals surface area contributed by atoms with Gasteiger partial charge < -0.3 is 14.6 Å². The predicted octanol–water partition coefficient (Wildman–Crippen LogP) is -2.88. The summed E-state index contributed by atoms with van der Waals surface area (Å²) in [6.07, 6.45) is 0. The summed E-state index contributed by atoms with van der Waals surface area (Å²) < 4.78 is 4.94. The maximum atomic E-state index is 11.1. The molecule has 0 aliphatic heterocycles. The van der Waals surface area contributed by atoms with E-state index >= 15 is 0 Å². The topological polar surface area (TPSA) is 66.4 Å². The van der Waals surface area contributed by atoms with Crippen LogP contribution in [0.15, 0.2) is 24.3 Å². The van der Waals surface area contributed by atoms with Gasteiger partial charge in [0.1, 0.15) is 11.7 Å². The molecule has 1 rings (SSSR count). The minimum Gasteiger partial charge on any atom is -0.542 e. The Balaban J connectivity index is 0.00000225. The van der Waals surface area contributed by atoms with E-state index in [-0.39, 0.29) is 29.6 Å². The zero-order valence-electron chi connectivity index (χ0n) is 9.52. The molecule has 80 valence electrons. The van der Waals surface area contributed by atoms with Crippen molar-refractivity contribution in [1.82, 2.24) is 0 Å². The number of carboxylic acids is 1. The number of carboxylic acid groups (broad SMARTS) is 1. The van der Waals surface area contributed by atoms with Crippen molar-refractivity contribution in [2.75, 3.05) is 7.11 Å². The van der Waals surface area contributed by atoms with E-state index in [1.807, 2.05) is 0 Å². The normalized spacial score (nSPS) is 11.1. The molecule has 0 radical (unpaired) electrons. The van der Waals surface area contributed by atoms with Crippen molar-refractivity contribution in [2.45, 2.75) is 12.8 Å². The smallest absolute Gasteiger partial charge is 0.542 e. The summed E-state index contributed by atoms with van der Waals surface area (Å²) in [7, 11) is 1.53. The first-order valence-electron chi connectivity index (χ1n) is 4.45. The maximum Gasteiger partial charge on any atom is 1.00 e. The third-order valence-electron chi connectivity index (χ3n) is 2.21. The van der Waals surface area contributed by atoms with Crippen molar-refractivity contribution >= 4 is 11.8 Å². The van der Waals surface area contributed by atoms with E-state index in [9.17, 15) is 14.7 Å². The summed E-state index contributed by atoms with van der Waals surface area (Å²) in [6, 6.07) is 6.66. The molecule has 4 nitrogen and oxygen atoms in total. The second kappa shape index (κ2) is 6.68. The van der Waals surface area contributed by atoms with Crippen molar-refractivity contribution in [3.8, 4) is 5.75 Å². The van der Waals surface area contributed by atoms with E-state index in [1.54, 1.807) is 24.3 Å². The Bertz CT molecular complexity index is 372. The first kappa shape index (κ1) is 15.2. The minimum absolute atomic E-state index is 0. The number of Topliss-reactive ketones (excluding diaryl/α,β-unsaturated/α-hetero) is 1.